The van der Waals surface area contributed by atoms with E-state index in [0.717, 1.165) is 41.3 Å². The average molecular weight is 384 g/mol. The molecular formula is C21H22F2N4O. The molecule has 4 rings (SSSR count). The van der Waals surface area contributed by atoms with Crippen LogP contribution < -0.4 is 10.5 Å². The number of pyridine rings is 2. The number of hydrogen-bond donors (Lipinski definition) is 1. The summed E-state index contributed by atoms with van der Waals surface area (Å²) < 4.78 is 27.1. The molecule has 1 aromatic carbocycles. The van der Waals surface area contributed by atoms with E-state index in [1.165, 1.54) is 12.1 Å². The van der Waals surface area contributed by atoms with Crippen LogP contribution in [0.4, 0.5) is 14.5 Å². The quantitative estimate of drug-likeness (QED) is 0.751. The van der Waals surface area contributed by atoms with Gasteiger partial charge in [0.1, 0.15) is 11.6 Å². The third-order valence-electron chi connectivity index (χ3n) is 5.24. The molecule has 0 radical (unpaired) electrons. The molecule has 0 amide bonds. The SMILES string of the molecule is CCc1cc2ncc(CN3CCN(c4ccc(F)cc4F)CC3)cc2[nH]c1=O. The Bertz CT molecular complexity index is 1060. The maximum atomic E-state index is 14.0. The first-order valence-corrected chi connectivity index (χ1v) is 9.46. The van der Waals surface area contributed by atoms with Gasteiger partial charge in [-0.15, -0.1) is 0 Å². The Morgan fingerprint density at radius 1 is 1.11 bits per heavy atom. The number of halogens is 2. The van der Waals surface area contributed by atoms with Crippen molar-refractivity contribution in [1.29, 1.82) is 0 Å². The van der Waals surface area contributed by atoms with Crippen molar-refractivity contribution in [1.82, 2.24) is 14.9 Å². The van der Waals surface area contributed by atoms with Gasteiger partial charge < -0.3 is 9.88 Å². The van der Waals surface area contributed by atoms with Gasteiger partial charge >= 0.3 is 0 Å². The Morgan fingerprint density at radius 2 is 1.89 bits per heavy atom. The van der Waals surface area contributed by atoms with E-state index in [2.05, 4.69) is 14.9 Å². The third-order valence-corrected chi connectivity index (χ3v) is 5.24. The number of nitrogens with one attached hydrogen (secondary N) is 1. The zero-order chi connectivity index (χ0) is 19.7. The number of aromatic nitrogens is 2. The second kappa shape index (κ2) is 7.67. The molecule has 146 valence electrons. The molecule has 28 heavy (non-hydrogen) atoms. The summed E-state index contributed by atoms with van der Waals surface area (Å²) in [6, 6.07) is 7.51. The molecular weight excluding hydrogens is 362 g/mol. The van der Waals surface area contributed by atoms with Crippen molar-refractivity contribution >= 4 is 16.7 Å². The highest BCUT2D eigenvalue weighted by Crippen LogP contribution is 2.22. The Labute approximate surface area is 161 Å². The van der Waals surface area contributed by atoms with Gasteiger partial charge in [0.25, 0.3) is 5.56 Å². The number of rotatable bonds is 4. The van der Waals surface area contributed by atoms with Crippen LogP contribution in [0.3, 0.4) is 0 Å². The third kappa shape index (κ3) is 3.75. The molecule has 3 heterocycles. The van der Waals surface area contributed by atoms with Crippen LogP contribution in [0.2, 0.25) is 0 Å². The minimum atomic E-state index is -0.562. The van der Waals surface area contributed by atoms with Gasteiger partial charge in [0.15, 0.2) is 0 Å². The van der Waals surface area contributed by atoms with E-state index in [9.17, 15) is 13.6 Å². The first-order chi connectivity index (χ1) is 13.5. The van der Waals surface area contributed by atoms with Crippen molar-refractivity contribution in [3.63, 3.8) is 0 Å². The van der Waals surface area contributed by atoms with Gasteiger partial charge in [-0.05, 0) is 36.2 Å². The number of aromatic amines is 1. The standard InChI is InChI=1S/C21H22F2N4O/c1-2-15-10-18-19(25-21(15)28)9-14(12-24-18)13-26-5-7-27(8-6-26)20-4-3-16(22)11-17(20)23/h3-4,9-12H,2,5-8,13H2,1H3,(H,25,28). The molecule has 0 atom stereocenters. The lowest BCUT2D eigenvalue weighted by atomic mass is 10.1. The molecule has 0 unspecified atom stereocenters. The normalized spacial score (nSPS) is 15.3. The Morgan fingerprint density at radius 3 is 2.61 bits per heavy atom. The van der Waals surface area contributed by atoms with Crippen molar-refractivity contribution < 1.29 is 8.78 Å². The van der Waals surface area contributed by atoms with Crippen LogP contribution in [0.5, 0.6) is 0 Å². The van der Waals surface area contributed by atoms with Crippen molar-refractivity contribution in [3.8, 4) is 0 Å². The van der Waals surface area contributed by atoms with Gasteiger partial charge in [0.2, 0.25) is 0 Å². The number of aryl methyl sites for hydroxylation is 1. The predicted octanol–water partition coefficient (Wildman–Crippen LogP) is 3.09. The van der Waals surface area contributed by atoms with Crippen molar-refractivity contribution in [2.75, 3.05) is 31.1 Å². The molecule has 2 aromatic heterocycles. The van der Waals surface area contributed by atoms with Crippen LogP contribution in [-0.4, -0.2) is 41.0 Å². The fraction of sp³-hybridized carbons (Fsp3) is 0.333. The van der Waals surface area contributed by atoms with Gasteiger partial charge in [-0.25, -0.2) is 8.78 Å². The van der Waals surface area contributed by atoms with E-state index in [1.807, 2.05) is 30.2 Å². The molecule has 1 fully saturated rings. The highest BCUT2D eigenvalue weighted by Gasteiger charge is 2.20. The monoisotopic (exact) mass is 384 g/mol. The summed E-state index contributed by atoms with van der Waals surface area (Å²) in [5.74, 6) is -1.09. The van der Waals surface area contributed by atoms with E-state index in [1.54, 1.807) is 0 Å². The number of nitrogens with zero attached hydrogens (tertiary/aromatic N) is 3. The molecule has 0 bridgehead atoms. The molecule has 5 nitrogen and oxygen atoms in total. The van der Waals surface area contributed by atoms with Crippen molar-refractivity contribution in [2.45, 2.75) is 19.9 Å². The van der Waals surface area contributed by atoms with E-state index >= 15 is 0 Å². The fourth-order valence-corrected chi connectivity index (χ4v) is 3.66. The maximum Gasteiger partial charge on any atom is 0.251 e. The van der Waals surface area contributed by atoms with E-state index in [4.69, 9.17) is 0 Å². The molecule has 3 aromatic rings. The number of fused-ring (bicyclic) bond motifs is 1. The van der Waals surface area contributed by atoms with Crippen LogP contribution in [0.15, 0.2) is 41.3 Å². The predicted molar refractivity (Wildman–Crippen MR) is 106 cm³/mol. The van der Waals surface area contributed by atoms with Gasteiger partial charge in [0.05, 0.1) is 16.7 Å². The summed E-state index contributed by atoms with van der Waals surface area (Å²) in [5, 5.41) is 0. The zero-order valence-corrected chi connectivity index (χ0v) is 15.7. The fourth-order valence-electron chi connectivity index (χ4n) is 3.66. The minimum Gasteiger partial charge on any atom is -0.367 e. The van der Waals surface area contributed by atoms with Crippen LogP contribution in [0.1, 0.15) is 18.1 Å². The Hall–Kier alpha value is -2.80. The van der Waals surface area contributed by atoms with Gasteiger partial charge in [-0.3, -0.25) is 14.7 Å². The molecule has 0 aliphatic carbocycles. The lowest BCUT2D eigenvalue weighted by Crippen LogP contribution is -2.46. The van der Waals surface area contributed by atoms with Crippen molar-refractivity contribution in [2.24, 2.45) is 0 Å². The second-order valence-corrected chi connectivity index (χ2v) is 7.11. The number of piperazine rings is 1. The van der Waals surface area contributed by atoms with Crippen LogP contribution in [-0.2, 0) is 13.0 Å². The van der Waals surface area contributed by atoms with Crippen LogP contribution >= 0.6 is 0 Å². The summed E-state index contributed by atoms with van der Waals surface area (Å²) in [6.45, 7) is 5.52. The zero-order valence-electron chi connectivity index (χ0n) is 15.7. The molecule has 1 N–H and O–H groups in total. The summed E-state index contributed by atoms with van der Waals surface area (Å²) in [5.41, 5.74) is 3.66. The Kier molecular flexibility index (Phi) is 5.09. The first kappa shape index (κ1) is 18.6. The summed E-state index contributed by atoms with van der Waals surface area (Å²) in [4.78, 5) is 23.6. The summed E-state index contributed by atoms with van der Waals surface area (Å²) in [7, 11) is 0. The minimum absolute atomic E-state index is 0.0658. The van der Waals surface area contributed by atoms with Gasteiger partial charge in [-0.2, -0.15) is 0 Å². The van der Waals surface area contributed by atoms with E-state index < -0.39 is 11.6 Å². The van der Waals surface area contributed by atoms with Gasteiger partial charge in [-0.1, -0.05) is 6.92 Å². The highest BCUT2D eigenvalue weighted by molar-refractivity contribution is 5.74. The molecule has 1 aliphatic rings. The summed E-state index contributed by atoms with van der Waals surface area (Å²) in [6.07, 6.45) is 2.51. The summed E-state index contributed by atoms with van der Waals surface area (Å²) >= 11 is 0. The number of hydrogen-bond acceptors (Lipinski definition) is 4. The van der Waals surface area contributed by atoms with E-state index in [0.29, 0.717) is 31.7 Å². The van der Waals surface area contributed by atoms with Crippen LogP contribution in [0, 0.1) is 11.6 Å². The Balaban J connectivity index is 1.44. The lowest BCUT2D eigenvalue weighted by Gasteiger charge is -2.36. The molecule has 1 saturated heterocycles. The maximum absolute atomic E-state index is 14.0. The van der Waals surface area contributed by atoms with Crippen molar-refractivity contribution in [3.05, 3.63) is 69.6 Å². The average Bonchev–Trinajstić information content (AvgIpc) is 2.68. The number of anilines is 1. The molecule has 7 heteroatoms. The smallest absolute Gasteiger partial charge is 0.251 e. The molecule has 0 saturated carbocycles. The van der Waals surface area contributed by atoms with Gasteiger partial charge in [0, 0.05) is 50.6 Å². The molecule has 0 spiro atoms. The molecule has 1 aliphatic heterocycles. The first-order valence-electron chi connectivity index (χ1n) is 9.46. The van der Waals surface area contributed by atoms with Crippen LogP contribution in [0.25, 0.3) is 11.0 Å². The second-order valence-electron chi connectivity index (χ2n) is 7.11. The lowest BCUT2D eigenvalue weighted by molar-refractivity contribution is 0.249. The topological polar surface area (TPSA) is 52.2 Å². The number of benzene rings is 1. The highest BCUT2D eigenvalue weighted by atomic mass is 19.1. The number of H-pyrrole nitrogens is 1. The largest absolute Gasteiger partial charge is 0.367 e. The van der Waals surface area contributed by atoms with E-state index in [-0.39, 0.29) is 5.56 Å².